The maximum absolute atomic E-state index is 13.9. The Labute approximate surface area is 258 Å². The SMILES string of the molecule is COc1ccc(CCN2C3CCC2CC(=C(c2ccccc2)c2ccc(C(=O)N4C(C)(C)CCCC4(C)C)cc2)C3)cc1. The van der Waals surface area contributed by atoms with Gasteiger partial charge in [-0.25, -0.2) is 0 Å². The molecule has 0 saturated carbocycles. The summed E-state index contributed by atoms with van der Waals surface area (Å²) in [5.41, 5.74) is 7.31. The second kappa shape index (κ2) is 12.0. The maximum Gasteiger partial charge on any atom is 0.254 e. The first kappa shape index (κ1) is 29.7. The first-order chi connectivity index (χ1) is 20.7. The van der Waals surface area contributed by atoms with Crippen molar-refractivity contribution in [2.75, 3.05) is 13.7 Å². The van der Waals surface area contributed by atoms with Crippen LogP contribution in [0.25, 0.3) is 5.57 Å². The average Bonchev–Trinajstić information content (AvgIpc) is 3.23. The number of nitrogens with zero attached hydrogens (tertiary/aromatic N) is 2. The summed E-state index contributed by atoms with van der Waals surface area (Å²) in [5, 5.41) is 0. The van der Waals surface area contributed by atoms with E-state index in [9.17, 15) is 4.79 Å². The monoisotopic (exact) mass is 576 g/mol. The average molecular weight is 577 g/mol. The van der Waals surface area contributed by atoms with E-state index in [2.05, 4.69) is 116 Å². The van der Waals surface area contributed by atoms with Crippen molar-refractivity contribution < 1.29 is 9.53 Å². The zero-order chi connectivity index (χ0) is 30.2. The van der Waals surface area contributed by atoms with Gasteiger partial charge in [0.15, 0.2) is 0 Å². The zero-order valence-corrected chi connectivity index (χ0v) is 26.7. The molecule has 3 aromatic carbocycles. The van der Waals surface area contributed by atoms with Crippen LogP contribution >= 0.6 is 0 Å². The van der Waals surface area contributed by atoms with Gasteiger partial charge in [0, 0.05) is 35.3 Å². The quantitative estimate of drug-likeness (QED) is 0.283. The number of fused-ring (bicyclic) bond motifs is 2. The first-order valence-electron chi connectivity index (χ1n) is 16.3. The number of amides is 1. The van der Waals surface area contributed by atoms with E-state index < -0.39 is 0 Å². The van der Waals surface area contributed by atoms with E-state index in [0.717, 1.165) is 56.4 Å². The van der Waals surface area contributed by atoms with E-state index in [1.54, 1.807) is 12.7 Å². The fourth-order valence-corrected chi connectivity index (χ4v) is 8.36. The van der Waals surface area contributed by atoms with Crippen molar-refractivity contribution >= 4 is 11.5 Å². The number of methoxy groups -OCH3 is 1. The van der Waals surface area contributed by atoms with E-state index >= 15 is 0 Å². The Morgan fingerprint density at radius 2 is 1.33 bits per heavy atom. The molecule has 6 rings (SSSR count). The summed E-state index contributed by atoms with van der Waals surface area (Å²) in [6, 6.07) is 29.1. The van der Waals surface area contributed by atoms with Crippen LogP contribution < -0.4 is 4.74 Å². The van der Waals surface area contributed by atoms with Crippen LogP contribution in [0.1, 0.15) is 99.7 Å². The van der Waals surface area contributed by atoms with Crippen molar-refractivity contribution in [1.82, 2.24) is 9.80 Å². The summed E-state index contributed by atoms with van der Waals surface area (Å²) in [5.74, 6) is 1.07. The highest BCUT2D eigenvalue weighted by atomic mass is 16.5. The topological polar surface area (TPSA) is 32.8 Å². The maximum atomic E-state index is 13.9. The Balaban J connectivity index is 1.25. The summed E-state index contributed by atoms with van der Waals surface area (Å²) >= 11 is 0. The molecule has 1 amide bonds. The molecule has 3 heterocycles. The highest BCUT2D eigenvalue weighted by Crippen LogP contribution is 2.43. The van der Waals surface area contributed by atoms with Gasteiger partial charge < -0.3 is 9.64 Å². The molecule has 0 radical (unpaired) electrons. The third-order valence-corrected chi connectivity index (χ3v) is 10.4. The van der Waals surface area contributed by atoms with E-state index in [0.29, 0.717) is 12.1 Å². The van der Waals surface area contributed by atoms with E-state index in [-0.39, 0.29) is 17.0 Å². The molecule has 0 N–H and O–H groups in total. The van der Waals surface area contributed by atoms with Crippen LogP contribution in [0, 0.1) is 0 Å². The van der Waals surface area contributed by atoms with Gasteiger partial charge in [0.2, 0.25) is 0 Å². The van der Waals surface area contributed by atoms with Crippen LogP contribution in [0.3, 0.4) is 0 Å². The molecular weight excluding hydrogens is 528 g/mol. The number of rotatable bonds is 7. The molecule has 0 aliphatic carbocycles. The van der Waals surface area contributed by atoms with Gasteiger partial charge in [-0.1, -0.05) is 60.2 Å². The molecule has 4 nitrogen and oxygen atoms in total. The molecule has 2 atom stereocenters. The molecule has 3 aliphatic heterocycles. The lowest BCUT2D eigenvalue weighted by Crippen LogP contribution is -2.60. The Hall–Kier alpha value is -3.37. The predicted octanol–water partition coefficient (Wildman–Crippen LogP) is 8.55. The molecule has 0 spiro atoms. The lowest BCUT2D eigenvalue weighted by molar-refractivity contribution is -0.0111. The van der Waals surface area contributed by atoms with Crippen molar-refractivity contribution in [3.05, 3.63) is 107 Å². The second-order valence-electron chi connectivity index (χ2n) is 14.2. The number of carbonyl (C=O) groups excluding carboxylic acids is 1. The van der Waals surface area contributed by atoms with Crippen LogP contribution in [-0.4, -0.2) is 52.5 Å². The van der Waals surface area contributed by atoms with Gasteiger partial charge in [0.05, 0.1) is 7.11 Å². The third kappa shape index (κ3) is 6.04. The lowest BCUT2D eigenvalue weighted by Gasteiger charge is -2.53. The van der Waals surface area contributed by atoms with Crippen LogP contribution in [0.4, 0.5) is 0 Å². The summed E-state index contributed by atoms with van der Waals surface area (Å²) in [6.45, 7) is 9.98. The van der Waals surface area contributed by atoms with Gasteiger partial charge in [-0.2, -0.15) is 0 Å². The second-order valence-corrected chi connectivity index (χ2v) is 14.2. The van der Waals surface area contributed by atoms with Gasteiger partial charge >= 0.3 is 0 Å². The van der Waals surface area contributed by atoms with Crippen LogP contribution in [0.15, 0.2) is 84.4 Å². The Kier molecular flexibility index (Phi) is 8.26. The van der Waals surface area contributed by atoms with Crippen LogP contribution in [-0.2, 0) is 6.42 Å². The highest BCUT2D eigenvalue weighted by molar-refractivity contribution is 5.96. The van der Waals surface area contributed by atoms with Crippen molar-refractivity contribution in [2.45, 2.75) is 102 Å². The number of hydrogen-bond donors (Lipinski definition) is 0. The lowest BCUT2D eigenvalue weighted by atomic mass is 9.79. The predicted molar refractivity (Wildman–Crippen MR) is 177 cm³/mol. The number of carbonyl (C=O) groups is 1. The van der Waals surface area contributed by atoms with Crippen molar-refractivity contribution in [3.63, 3.8) is 0 Å². The van der Waals surface area contributed by atoms with Gasteiger partial charge in [-0.15, -0.1) is 0 Å². The third-order valence-electron chi connectivity index (χ3n) is 10.4. The minimum Gasteiger partial charge on any atom is -0.497 e. The molecule has 43 heavy (non-hydrogen) atoms. The summed E-state index contributed by atoms with van der Waals surface area (Å²) < 4.78 is 5.34. The van der Waals surface area contributed by atoms with Crippen molar-refractivity contribution in [3.8, 4) is 5.75 Å². The molecule has 2 unspecified atom stereocenters. The Bertz CT molecular complexity index is 1420. The number of likely N-dealkylation sites (tertiary alicyclic amines) is 1. The fourth-order valence-electron chi connectivity index (χ4n) is 8.36. The minimum absolute atomic E-state index is 0.144. The number of benzene rings is 3. The number of ether oxygens (including phenoxy) is 1. The molecule has 0 aromatic heterocycles. The van der Waals surface area contributed by atoms with Gasteiger partial charge in [0.25, 0.3) is 5.91 Å². The molecule has 4 heteroatoms. The van der Waals surface area contributed by atoms with Crippen LogP contribution in [0.5, 0.6) is 5.75 Å². The van der Waals surface area contributed by atoms with E-state index in [4.69, 9.17) is 4.74 Å². The highest BCUT2D eigenvalue weighted by Gasteiger charge is 2.44. The standard InChI is InChI=1S/C39H48N2O2/c1-38(2)23-9-24-39(3,4)41(38)37(42)31-16-14-30(15-17-31)36(29-10-7-6-8-11-29)32-26-33-18-19-34(27-32)40(33)25-22-28-12-20-35(43-5)21-13-28/h6-8,10-17,20-21,33-34H,9,18-19,22-27H2,1-5H3. The molecular formula is C39H48N2O2. The molecule has 3 aromatic rings. The number of piperidine rings is 2. The van der Waals surface area contributed by atoms with Gasteiger partial charge in [-0.3, -0.25) is 9.69 Å². The smallest absolute Gasteiger partial charge is 0.254 e. The number of hydrogen-bond acceptors (Lipinski definition) is 3. The molecule has 2 bridgehead atoms. The molecule has 3 fully saturated rings. The van der Waals surface area contributed by atoms with E-state index in [1.165, 1.54) is 35.1 Å². The largest absolute Gasteiger partial charge is 0.497 e. The van der Waals surface area contributed by atoms with E-state index in [1.807, 2.05) is 0 Å². The Morgan fingerprint density at radius 3 is 1.91 bits per heavy atom. The van der Waals surface area contributed by atoms with Gasteiger partial charge in [0.1, 0.15) is 5.75 Å². The molecule has 3 aliphatic rings. The Morgan fingerprint density at radius 1 is 0.767 bits per heavy atom. The zero-order valence-electron chi connectivity index (χ0n) is 26.7. The first-order valence-corrected chi connectivity index (χ1v) is 16.3. The molecule has 3 saturated heterocycles. The van der Waals surface area contributed by atoms with Crippen molar-refractivity contribution in [1.29, 1.82) is 0 Å². The summed E-state index contributed by atoms with van der Waals surface area (Å²) in [7, 11) is 1.72. The van der Waals surface area contributed by atoms with Crippen LogP contribution in [0.2, 0.25) is 0 Å². The molecule has 226 valence electrons. The fraction of sp³-hybridized carbons (Fsp3) is 0.462. The normalized spacial score (nSPS) is 22.8. The summed E-state index contributed by atoms with van der Waals surface area (Å²) in [6.07, 6.45) is 9.09. The minimum atomic E-state index is -0.144. The van der Waals surface area contributed by atoms with Gasteiger partial charge in [-0.05, 0) is 126 Å². The summed E-state index contributed by atoms with van der Waals surface area (Å²) in [4.78, 5) is 18.8. The van der Waals surface area contributed by atoms with Crippen molar-refractivity contribution in [2.24, 2.45) is 0 Å².